The first-order valence-electron chi connectivity index (χ1n) is 8.02. The molecule has 3 atom stereocenters. The molecule has 118 valence electrons. The molecule has 1 saturated heterocycles. The highest BCUT2D eigenvalue weighted by Gasteiger charge is 2.50. The van der Waals surface area contributed by atoms with Crippen LogP contribution in [0.1, 0.15) is 36.8 Å². The van der Waals surface area contributed by atoms with Crippen molar-refractivity contribution >= 4 is 0 Å². The zero-order valence-electron chi connectivity index (χ0n) is 13.4. The Morgan fingerprint density at radius 1 is 1.27 bits per heavy atom. The molecular weight excluding hydrogens is 276 g/mol. The van der Waals surface area contributed by atoms with Crippen molar-refractivity contribution in [2.24, 2.45) is 0 Å². The highest BCUT2D eigenvalue weighted by Crippen LogP contribution is 2.43. The largest absolute Gasteiger partial charge is 0.381 e. The van der Waals surface area contributed by atoms with Crippen LogP contribution in [0.5, 0.6) is 0 Å². The Kier molecular flexibility index (Phi) is 4.49. The minimum Gasteiger partial charge on any atom is -0.381 e. The van der Waals surface area contributed by atoms with Gasteiger partial charge in [0.05, 0.1) is 23.3 Å². The van der Waals surface area contributed by atoms with Crippen LogP contribution >= 0.6 is 0 Å². The van der Waals surface area contributed by atoms with Crippen molar-refractivity contribution in [1.29, 1.82) is 5.26 Å². The average molecular weight is 300 g/mol. The van der Waals surface area contributed by atoms with E-state index < -0.39 is 0 Å². The van der Waals surface area contributed by atoms with E-state index in [0.717, 1.165) is 38.8 Å². The van der Waals surface area contributed by atoms with E-state index in [1.54, 1.807) is 0 Å². The van der Waals surface area contributed by atoms with Crippen LogP contribution in [0, 0.1) is 11.3 Å². The van der Waals surface area contributed by atoms with Crippen molar-refractivity contribution in [3.63, 3.8) is 0 Å². The highest BCUT2D eigenvalue weighted by molar-refractivity contribution is 5.31. The van der Waals surface area contributed by atoms with E-state index in [1.165, 1.54) is 5.56 Å². The van der Waals surface area contributed by atoms with Gasteiger partial charge < -0.3 is 9.47 Å². The monoisotopic (exact) mass is 300 g/mol. The van der Waals surface area contributed by atoms with Gasteiger partial charge in [0.25, 0.3) is 0 Å². The molecule has 0 radical (unpaired) electrons. The lowest BCUT2D eigenvalue weighted by molar-refractivity contribution is -0.0947. The molecule has 0 aromatic heterocycles. The number of fused-ring (bicyclic) bond motifs is 1. The summed E-state index contributed by atoms with van der Waals surface area (Å²) >= 11 is 0. The van der Waals surface area contributed by atoms with Gasteiger partial charge in [0.15, 0.2) is 0 Å². The second-order valence-electron chi connectivity index (χ2n) is 6.45. The molecule has 1 aliphatic heterocycles. The minimum absolute atomic E-state index is 0.00161. The summed E-state index contributed by atoms with van der Waals surface area (Å²) in [5, 5.41) is 8.90. The fourth-order valence-corrected chi connectivity index (χ4v) is 4.08. The van der Waals surface area contributed by atoms with E-state index in [-0.39, 0.29) is 5.60 Å². The van der Waals surface area contributed by atoms with E-state index in [2.05, 4.69) is 23.1 Å². The molecule has 0 unspecified atom stereocenters. The SMILES string of the molecule is CO[C@@H]1CC[C@@]2(OC)CCN(Cc3ccc(C#N)cc3)[C@H]2C1. The Labute approximate surface area is 132 Å². The molecule has 1 heterocycles. The van der Waals surface area contributed by atoms with Gasteiger partial charge in [-0.15, -0.1) is 0 Å². The zero-order valence-corrected chi connectivity index (χ0v) is 13.4. The van der Waals surface area contributed by atoms with E-state index >= 15 is 0 Å². The van der Waals surface area contributed by atoms with Gasteiger partial charge in [0, 0.05) is 33.4 Å². The standard InChI is InChI=1S/C18H24N2O2/c1-21-16-7-8-18(22-2)9-10-20(17(18)11-16)13-15-5-3-14(12-19)4-6-15/h3-6,16-17H,7-11,13H2,1-2H3/t16-,17+,18-/m1/s1. The number of likely N-dealkylation sites (tertiary alicyclic amines) is 1. The molecule has 4 heteroatoms. The van der Waals surface area contributed by atoms with Crippen molar-refractivity contribution in [3.05, 3.63) is 35.4 Å². The number of hydrogen-bond acceptors (Lipinski definition) is 4. The van der Waals surface area contributed by atoms with Gasteiger partial charge in [-0.2, -0.15) is 5.26 Å². The summed E-state index contributed by atoms with van der Waals surface area (Å²) < 4.78 is 11.6. The molecule has 2 aliphatic rings. The molecule has 1 aliphatic carbocycles. The van der Waals surface area contributed by atoms with E-state index in [1.807, 2.05) is 26.4 Å². The predicted octanol–water partition coefficient (Wildman–Crippen LogP) is 2.72. The Bertz CT molecular complexity index is 551. The maximum atomic E-state index is 8.90. The van der Waals surface area contributed by atoms with Crippen molar-refractivity contribution < 1.29 is 9.47 Å². The number of nitriles is 1. The van der Waals surface area contributed by atoms with Crippen molar-refractivity contribution in [2.45, 2.75) is 50.0 Å². The molecular formula is C18H24N2O2. The second kappa shape index (κ2) is 6.37. The second-order valence-corrected chi connectivity index (χ2v) is 6.45. The topological polar surface area (TPSA) is 45.5 Å². The normalized spacial score (nSPS) is 31.7. The zero-order chi connectivity index (χ0) is 15.6. The molecule has 1 aromatic rings. The van der Waals surface area contributed by atoms with Crippen LogP contribution in [-0.4, -0.2) is 43.4 Å². The first-order valence-corrected chi connectivity index (χ1v) is 8.02. The fourth-order valence-electron chi connectivity index (χ4n) is 4.08. The maximum Gasteiger partial charge on any atom is 0.0991 e. The van der Waals surface area contributed by atoms with E-state index in [0.29, 0.717) is 17.7 Å². The summed E-state index contributed by atoms with van der Waals surface area (Å²) in [6, 6.07) is 10.5. The van der Waals surface area contributed by atoms with Crippen LogP contribution in [0.2, 0.25) is 0 Å². The van der Waals surface area contributed by atoms with E-state index in [4.69, 9.17) is 14.7 Å². The first kappa shape index (κ1) is 15.5. The van der Waals surface area contributed by atoms with Crippen molar-refractivity contribution in [2.75, 3.05) is 20.8 Å². The summed E-state index contributed by atoms with van der Waals surface area (Å²) in [6.07, 6.45) is 4.65. The summed E-state index contributed by atoms with van der Waals surface area (Å²) in [5.74, 6) is 0. The third kappa shape index (κ3) is 2.77. The Balaban J connectivity index is 1.74. The summed E-state index contributed by atoms with van der Waals surface area (Å²) in [6.45, 7) is 1.98. The third-order valence-corrected chi connectivity index (χ3v) is 5.45. The van der Waals surface area contributed by atoms with Gasteiger partial charge in [-0.25, -0.2) is 0 Å². The van der Waals surface area contributed by atoms with Crippen LogP contribution < -0.4 is 0 Å². The number of rotatable bonds is 4. The molecule has 2 fully saturated rings. The minimum atomic E-state index is 0.00161. The third-order valence-electron chi connectivity index (χ3n) is 5.45. The van der Waals surface area contributed by atoms with Crippen LogP contribution in [0.15, 0.2) is 24.3 Å². The van der Waals surface area contributed by atoms with Gasteiger partial charge in [0.2, 0.25) is 0 Å². The molecule has 0 amide bonds. The number of ether oxygens (including phenoxy) is 2. The lowest BCUT2D eigenvalue weighted by Gasteiger charge is -2.43. The van der Waals surface area contributed by atoms with Gasteiger partial charge in [-0.1, -0.05) is 12.1 Å². The number of methoxy groups -OCH3 is 2. The number of hydrogen-bond donors (Lipinski definition) is 0. The van der Waals surface area contributed by atoms with Crippen LogP contribution in [0.25, 0.3) is 0 Å². The van der Waals surface area contributed by atoms with Gasteiger partial charge in [-0.05, 0) is 43.4 Å². The Morgan fingerprint density at radius 3 is 2.68 bits per heavy atom. The van der Waals surface area contributed by atoms with Crippen molar-refractivity contribution in [1.82, 2.24) is 4.90 Å². The quantitative estimate of drug-likeness (QED) is 0.857. The lowest BCUT2D eigenvalue weighted by atomic mass is 9.79. The lowest BCUT2D eigenvalue weighted by Crippen LogP contribution is -2.51. The Hall–Kier alpha value is -1.41. The molecule has 4 nitrogen and oxygen atoms in total. The van der Waals surface area contributed by atoms with Gasteiger partial charge in [-0.3, -0.25) is 4.90 Å². The number of benzene rings is 1. The van der Waals surface area contributed by atoms with Crippen LogP contribution in [-0.2, 0) is 16.0 Å². The fraction of sp³-hybridized carbons (Fsp3) is 0.611. The summed E-state index contributed by atoms with van der Waals surface area (Å²) in [4.78, 5) is 2.52. The molecule has 22 heavy (non-hydrogen) atoms. The molecule has 0 spiro atoms. The Morgan fingerprint density at radius 2 is 2.05 bits per heavy atom. The average Bonchev–Trinajstić information content (AvgIpc) is 2.94. The van der Waals surface area contributed by atoms with Crippen LogP contribution in [0.4, 0.5) is 0 Å². The first-order chi connectivity index (χ1) is 10.7. The molecule has 3 rings (SSSR count). The molecule has 1 aromatic carbocycles. The molecule has 0 bridgehead atoms. The van der Waals surface area contributed by atoms with Gasteiger partial charge >= 0.3 is 0 Å². The van der Waals surface area contributed by atoms with Gasteiger partial charge in [0.1, 0.15) is 0 Å². The molecule has 1 saturated carbocycles. The summed E-state index contributed by atoms with van der Waals surface area (Å²) in [5.41, 5.74) is 1.97. The predicted molar refractivity (Wildman–Crippen MR) is 84.4 cm³/mol. The van der Waals surface area contributed by atoms with Crippen molar-refractivity contribution in [3.8, 4) is 6.07 Å². The maximum absolute atomic E-state index is 8.90. The number of nitrogens with zero attached hydrogens (tertiary/aromatic N) is 2. The molecule has 0 N–H and O–H groups in total. The smallest absolute Gasteiger partial charge is 0.0991 e. The summed E-state index contributed by atoms with van der Waals surface area (Å²) in [7, 11) is 3.66. The van der Waals surface area contributed by atoms with E-state index in [9.17, 15) is 0 Å². The van der Waals surface area contributed by atoms with Crippen LogP contribution in [0.3, 0.4) is 0 Å². The highest BCUT2D eigenvalue weighted by atomic mass is 16.5.